The number of hydrogen-bond acceptors (Lipinski definition) is 3. The fraction of sp³-hybridized carbons (Fsp3) is 0.188. The van der Waals surface area contributed by atoms with Crippen molar-refractivity contribution in [1.29, 1.82) is 0 Å². The molecule has 0 aliphatic heterocycles. The molecule has 0 bridgehead atoms. The van der Waals surface area contributed by atoms with Gasteiger partial charge in [-0.1, -0.05) is 30.7 Å². The molecule has 0 spiro atoms. The van der Waals surface area contributed by atoms with E-state index in [2.05, 4.69) is 10.3 Å². The minimum absolute atomic E-state index is 0.271. The second kappa shape index (κ2) is 7.04. The molecule has 0 fully saturated rings. The maximum Gasteiger partial charge on any atom is 0.306 e. The average Bonchev–Trinajstić information content (AvgIpc) is 2.49. The van der Waals surface area contributed by atoms with E-state index in [9.17, 15) is 9.59 Å². The van der Waals surface area contributed by atoms with Gasteiger partial charge < -0.3 is 10.4 Å². The van der Waals surface area contributed by atoms with E-state index < -0.39 is 11.9 Å². The highest BCUT2D eigenvalue weighted by Gasteiger charge is 2.12. The molecule has 114 valence electrons. The van der Waals surface area contributed by atoms with Crippen LogP contribution in [0, 0.1) is 5.92 Å². The van der Waals surface area contributed by atoms with Crippen LogP contribution in [0.5, 0.6) is 0 Å². The number of amides is 1. The summed E-state index contributed by atoms with van der Waals surface area (Å²) in [6.45, 7) is 1.66. The van der Waals surface area contributed by atoms with Crippen molar-refractivity contribution < 1.29 is 14.7 Å². The van der Waals surface area contributed by atoms with E-state index in [0.717, 1.165) is 5.56 Å². The summed E-state index contributed by atoms with van der Waals surface area (Å²) < 4.78 is 0. The van der Waals surface area contributed by atoms with Crippen LogP contribution in [0.1, 0.15) is 23.0 Å². The smallest absolute Gasteiger partial charge is 0.306 e. The van der Waals surface area contributed by atoms with Crippen molar-refractivity contribution in [2.45, 2.75) is 13.3 Å². The maximum absolute atomic E-state index is 12.0. The summed E-state index contributed by atoms with van der Waals surface area (Å²) in [7, 11) is 0. The molecule has 2 N–H and O–H groups in total. The predicted octanol–water partition coefficient (Wildman–Crippen LogP) is 3.25. The van der Waals surface area contributed by atoms with Gasteiger partial charge in [-0.15, -0.1) is 0 Å². The fourth-order valence-electron chi connectivity index (χ4n) is 1.87. The van der Waals surface area contributed by atoms with Crippen molar-refractivity contribution in [1.82, 2.24) is 4.98 Å². The quantitative estimate of drug-likeness (QED) is 0.887. The number of aromatic nitrogens is 1. The van der Waals surface area contributed by atoms with Gasteiger partial charge in [-0.05, 0) is 36.2 Å². The number of carboxylic acids is 1. The summed E-state index contributed by atoms with van der Waals surface area (Å²) in [5.41, 5.74) is 1.79. The van der Waals surface area contributed by atoms with Gasteiger partial charge in [0.15, 0.2) is 0 Å². The number of nitrogens with zero attached hydrogens (tertiary/aromatic N) is 1. The molecule has 2 aromatic rings. The Hall–Kier alpha value is -2.40. The van der Waals surface area contributed by atoms with Gasteiger partial charge in [0.1, 0.15) is 5.69 Å². The summed E-state index contributed by atoms with van der Waals surface area (Å²) >= 11 is 5.72. The Balaban J connectivity index is 2.00. The second-order valence-corrected chi connectivity index (χ2v) is 5.39. The van der Waals surface area contributed by atoms with E-state index in [-0.39, 0.29) is 11.6 Å². The number of anilines is 1. The highest BCUT2D eigenvalue weighted by atomic mass is 35.5. The third-order valence-electron chi connectivity index (χ3n) is 3.14. The van der Waals surface area contributed by atoms with Crippen LogP contribution < -0.4 is 5.32 Å². The molecule has 1 amide bonds. The average molecular weight is 319 g/mol. The van der Waals surface area contributed by atoms with Crippen molar-refractivity contribution in [2.24, 2.45) is 5.92 Å². The third kappa shape index (κ3) is 4.30. The largest absolute Gasteiger partial charge is 0.481 e. The zero-order chi connectivity index (χ0) is 16.1. The summed E-state index contributed by atoms with van der Waals surface area (Å²) in [6.07, 6.45) is 1.86. The molecule has 0 saturated heterocycles. The number of benzene rings is 1. The van der Waals surface area contributed by atoms with Crippen LogP contribution in [-0.4, -0.2) is 22.0 Å². The van der Waals surface area contributed by atoms with Gasteiger partial charge in [0.05, 0.1) is 10.9 Å². The summed E-state index contributed by atoms with van der Waals surface area (Å²) in [5, 5.41) is 12.1. The van der Waals surface area contributed by atoms with E-state index in [1.165, 1.54) is 6.20 Å². The van der Waals surface area contributed by atoms with Crippen molar-refractivity contribution in [3.63, 3.8) is 0 Å². The first-order chi connectivity index (χ1) is 10.5. The maximum atomic E-state index is 12.0. The Morgan fingerprint density at radius 1 is 1.23 bits per heavy atom. The van der Waals surface area contributed by atoms with Gasteiger partial charge in [-0.3, -0.25) is 9.59 Å². The molecule has 1 atom stereocenters. The number of carboxylic acid groups (broad SMARTS) is 1. The first kappa shape index (κ1) is 16.0. The lowest BCUT2D eigenvalue weighted by Gasteiger charge is -2.08. The molecule has 0 radical (unpaired) electrons. The molecule has 0 aliphatic rings. The van der Waals surface area contributed by atoms with E-state index in [1.807, 2.05) is 0 Å². The third-order valence-corrected chi connectivity index (χ3v) is 3.36. The van der Waals surface area contributed by atoms with Gasteiger partial charge in [0.2, 0.25) is 0 Å². The number of pyridine rings is 1. The van der Waals surface area contributed by atoms with Crippen LogP contribution in [0.15, 0.2) is 42.6 Å². The molecule has 1 aromatic heterocycles. The number of carbonyl (C=O) groups is 2. The zero-order valence-corrected chi connectivity index (χ0v) is 12.7. The standard InChI is InChI=1S/C16H15ClN2O3/c1-10(16(21)22)8-11-2-5-13(6-3-11)19-15(20)14-7-4-12(17)9-18-14/h2-7,9-10H,8H2,1H3,(H,19,20)(H,21,22). The molecule has 5 nitrogen and oxygen atoms in total. The van der Waals surface area contributed by atoms with Crippen molar-refractivity contribution in [3.8, 4) is 0 Å². The Kier molecular flexibility index (Phi) is 5.12. The van der Waals surface area contributed by atoms with Crippen LogP contribution >= 0.6 is 11.6 Å². The topological polar surface area (TPSA) is 79.3 Å². The molecule has 22 heavy (non-hydrogen) atoms. The van der Waals surface area contributed by atoms with E-state index in [0.29, 0.717) is 17.1 Å². The highest BCUT2D eigenvalue weighted by molar-refractivity contribution is 6.30. The zero-order valence-electron chi connectivity index (χ0n) is 11.9. The van der Waals surface area contributed by atoms with Gasteiger partial charge in [0, 0.05) is 11.9 Å². The highest BCUT2D eigenvalue weighted by Crippen LogP contribution is 2.15. The number of aliphatic carboxylic acids is 1. The summed E-state index contributed by atoms with van der Waals surface area (Å²) in [4.78, 5) is 26.7. The molecular formula is C16H15ClN2O3. The minimum Gasteiger partial charge on any atom is -0.481 e. The van der Waals surface area contributed by atoms with E-state index in [4.69, 9.17) is 16.7 Å². The molecule has 1 heterocycles. The van der Waals surface area contributed by atoms with Crippen LogP contribution in [-0.2, 0) is 11.2 Å². The van der Waals surface area contributed by atoms with Gasteiger partial charge in [-0.2, -0.15) is 0 Å². The van der Waals surface area contributed by atoms with Crippen molar-refractivity contribution in [3.05, 3.63) is 58.9 Å². The molecule has 6 heteroatoms. The van der Waals surface area contributed by atoms with E-state index >= 15 is 0 Å². The van der Waals surface area contributed by atoms with Crippen LogP contribution in [0.3, 0.4) is 0 Å². The van der Waals surface area contributed by atoms with E-state index in [1.54, 1.807) is 43.3 Å². The van der Waals surface area contributed by atoms with Crippen LogP contribution in [0.4, 0.5) is 5.69 Å². The van der Waals surface area contributed by atoms with Crippen LogP contribution in [0.2, 0.25) is 5.02 Å². The Bertz CT molecular complexity index is 669. The van der Waals surface area contributed by atoms with Crippen LogP contribution in [0.25, 0.3) is 0 Å². The Morgan fingerprint density at radius 3 is 2.45 bits per heavy atom. The Morgan fingerprint density at radius 2 is 1.91 bits per heavy atom. The molecule has 1 aromatic carbocycles. The van der Waals surface area contributed by atoms with Gasteiger partial charge >= 0.3 is 5.97 Å². The van der Waals surface area contributed by atoms with Gasteiger partial charge in [-0.25, -0.2) is 4.98 Å². The lowest BCUT2D eigenvalue weighted by atomic mass is 10.0. The Labute approximate surface area is 133 Å². The summed E-state index contributed by atoms with van der Waals surface area (Å²) in [5.74, 6) is -1.60. The van der Waals surface area contributed by atoms with Crippen molar-refractivity contribution >= 4 is 29.2 Å². The molecule has 2 rings (SSSR count). The number of halogens is 1. The molecular weight excluding hydrogens is 304 g/mol. The fourth-order valence-corrected chi connectivity index (χ4v) is 1.98. The molecule has 1 unspecified atom stereocenters. The van der Waals surface area contributed by atoms with Gasteiger partial charge in [0.25, 0.3) is 5.91 Å². The lowest BCUT2D eigenvalue weighted by molar-refractivity contribution is -0.141. The first-order valence-electron chi connectivity index (χ1n) is 6.70. The number of rotatable bonds is 5. The summed E-state index contributed by atoms with van der Waals surface area (Å²) in [6, 6.07) is 10.2. The molecule has 0 aliphatic carbocycles. The monoisotopic (exact) mass is 318 g/mol. The number of carbonyl (C=O) groups excluding carboxylic acids is 1. The lowest BCUT2D eigenvalue weighted by Crippen LogP contribution is -2.14. The number of hydrogen-bond donors (Lipinski definition) is 2. The first-order valence-corrected chi connectivity index (χ1v) is 7.08. The molecule has 0 saturated carbocycles. The van der Waals surface area contributed by atoms with Crippen molar-refractivity contribution in [2.75, 3.05) is 5.32 Å². The second-order valence-electron chi connectivity index (χ2n) is 4.96. The predicted molar refractivity (Wildman–Crippen MR) is 84.1 cm³/mol. The normalized spacial score (nSPS) is 11.7. The number of nitrogens with one attached hydrogen (secondary N) is 1. The minimum atomic E-state index is -0.828. The SMILES string of the molecule is CC(Cc1ccc(NC(=O)c2ccc(Cl)cn2)cc1)C(=O)O.